The molecular weight excluding hydrogens is 254 g/mol. The van der Waals surface area contributed by atoms with Crippen molar-refractivity contribution >= 4 is 29.3 Å². The summed E-state index contributed by atoms with van der Waals surface area (Å²) in [6, 6.07) is 7.55. The van der Waals surface area contributed by atoms with Gasteiger partial charge in [-0.3, -0.25) is 4.79 Å². The van der Waals surface area contributed by atoms with Crippen LogP contribution in [0.25, 0.3) is 0 Å². The summed E-state index contributed by atoms with van der Waals surface area (Å²) in [6.07, 6.45) is 0. The molecule has 0 atom stereocenters. The number of hydrogen-bond donors (Lipinski definition) is 0. The van der Waals surface area contributed by atoms with Gasteiger partial charge < -0.3 is 4.90 Å². The van der Waals surface area contributed by atoms with Crippen LogP contribution >= 0.6 is 23.4 Å². The van der Waals surface area contributed by atoms with E-state index in [2.05, 4.69) is 13.8 Å². The first-order valence-corrected chi connectivity index (χ1v) is 6.97. The molecule has 17 heavy (non-hydrogen) atoms. The van der Waals surface area contributed by atoms with Crippen LogP contribution in [0.3, 0.4) is 0 Å². The molecule has 1 rings (SSSR count). The highest BCUT2D eigenvalue weighted by molar-refractivity contribution is 8.00. The molecule has 0 unspecified atom stereocenters. The van der Waals surface area contributed by atoms with Crippen molar-refractivity contribution in [1.82, 2.24) is 4.90 Å². The Morgan fingerprint density at radius 3 is 2.47 bits per heavy atom. The molecule has 0 saturated heterocycles. The molecule has 0 heterocycles. The fourth-order valence-corrected chi connectivity index (χ4v) is 2.40. The summed E-state index contributed by atoms with van der Waals surface area (Å²) >= 11 is 7.34. The molecule has 0 bridgehead atoms. The summed E-state index contributed by atoms with van der Waals surface area (Å²) in [7, 11) is 1.85. The predicted octanol–water partition coefficient (Wildman–Crippen LogP) is 3.55. The highest BCUT2D eigenvalue weighted by atomic mass is 35.5. The van der Waals surface area contributed by atoms with Gasteiger partial charge in [0.2, 0.25) is 5.91 Å². The molecule has 0 aliphatic heterocycles. The predicted molar refractivity (Wildman–Crippen MR) is 74.7 cm³/mol. The van der Waals surface area contributed by atoms with Gasteiger partial charge in [0.1, 0.15) is 0 Å². The average Bonchev–Trinajstić information content (AvgIpc) is 2.27. The van der Waals surface area contributed by atoms with Gasteiger partial charge in [-0.05, 0) is 30.2 Å². The van der Waals surface area contributed by atoms with Crippen LogP contribution in [0.1, 0.15) is 13.8 Å². The zero-order valence-electron chi connectivity index (χ0n) is 10.4. The Labute approximate surface area is 112 Å². The van der Waals surface area contributed by atoms with Crippen molar-refractivity contribution < 1.29 is 4.79 Å². The largest absolute Gasteiger partial charge is 0.345 e. The number of benzene rings is 1. The lowest BCUT2D eigenvalue weighted by molar-refractivity contribution is -0.127. The minimum Gasteiger partial charge on any atom is -0.345 e. The third-order valence-corrected chi connectivity index (χ3v) is 3.49. The van der Waals surface area contributed by atoms with Gasteiger partial charge in [0.25, 0.3) is 0 Å². The number of amides is 1. The van der Waals surface area contributed by atoms with Gasteiger partial charge in [-0.2, -0.15) is 0 Å². The average molecular weight is 272 g/mol. The van der Waals surface area contributed by atoms with E-state index in [1.807, 2.05) is 31.3 Å². The molecule has 1 amide bonds. The highest BCUT2D eigenvalue weighted by Gasteiger charge is 2.10. The smallest absolute Gasteiger partial charge is 0.232 e. The zero-order valence-corrected chi connectivity index (χ0v) is 12.0. The van der Waals surface area contributed by atoms with E-state index in [1.165, 1.54) is 0 Å². The van der Waals surface area contributed by atoms with Crippen LogP contribution in [0.15, 0.2) is 29.2 Å². The van der Waals surface area contributed by atoms with Crippen molar-refractivity contribution in [1.29, 1.82) is 0 Å². The van der Waals surface area contributed by atoms with Crippen LogP contribution < -0.4 is 0 Å². The molecule has 0 fully saturated rings. The van der Waals surface area contributed by atoms with E-state index >= 15 is 0 Å². The second-order valence-corrected chi connectivity index (χ2v) is 5.90. The number of carbonyl (C=O) groups excluding carboxylic acids is 1. The number of halogens is 1. The summed E-state index contributed by atoms with van der Waals surface area (Å²) in [5.41, 5.74) is 0. The van der Waals surface area contributed by atoms with Crippen LogP contribution in [0.2, 0.25) is 5.02 Å². The first kappa shape index (κ1) is 14.4. The lowest BCUT2D eigenvalue weighted by Gasteiger charge is -2.19. The quantitative estimate of drug-likeness (QED) is 0.764. The van der Waals surface area contributed by atoms with Crippen molar-refractivity contribution in [3.05, 3.63) is 29.3 Å². The zero-order chi connectivity index (χ0) is 12.8. The summed E-state index contributed by atoms with van der Waals surface area (Å²) in [4.78, 5) is 14.7. The number of hydrogen-bond acceptors (Lipinski definition) is 2. The van der Waals surface area contributed by atoms with Crippen LogP contribution in [0, 0.1) is 5.92 Å². The maximum absolute atomic E-state index is 11.8. The Balaban J connectivity index is 2.40. The van der Waals surface area contributed by atoms with E-state index in [1.54, 1.807) is 16.7 Å². The van der Waals surface area contributed by atoms with Crippen LogP contribution in [0.5, 0.6) is 0 Å². The van der Waals surface area contributed by atoms with E-state index in [0.29, 0.717) is 11.7 Å². The molecule has 0 N–H and O–H groups in total. The van der Waals surface area contributed by atoms with E-state index in [9.17, 15) is 4.79 Å². The second-order valence-electron chi connectivity index (χ2n) is 4.41. The standard InChI is InChI=1S/C13H18ClNOS/c1-10(2)8-15(3)13(16)9-17-12-6-4-11(14)5-7-12/h4-7,10H,8-9H2,1-3H3. The van der Waals surface area contributed by atoms with Gasteiger partial charge in [0, 0.05) is 23.5 Å². The molecule has 0 saturated carbocycles. The fraction of sp³-hybridized carbons (Fsp3) is 0.462. The monoisotopic (exact) mass is 271 g/mol. The molecule has 0 aromatic heterocycles. The van der Waals surface area contributed by atoms with Crippen molar-refractivity contribution in [2.24, 2.45) is 5.92 Å². The molecule has 2 nitrogen and oxygen atoms in total. The maximum atomic E-state index is 11.8. The van der Waals surface area contributed by atoms with Gasteiger partial charge in [-0.1, -0.05) is 25.4 Å². The number of thioether (sulfide) groups is 1. The third-order valence-electron chi connectivity index (χ3n) is 2.24. The molecule has 0 spiro atoms. The SMILES string of the molecule is CC(C)CN(C)C(=O)CSc1ccc(Cl)cc1. The van der Waals surface area contributed by atoms with Crippen LogP contribution in [0.4, 0.5) is 0 Å². The van der Waals surface area contributed by atoms with Gasteiger partial charge in [0.15, 0.2) is 0 Å². The Bertz CT molecular complexity index is 364. The fourth-order valence-electron chi connectivity index (χ4n) is 1.44. The van der Waals surface area contributed by atoms with Gasteiger partial charge in [-0.15, -0.1) is 11.8 Å². The van der Waals surface area contributed by atoms with Gasteiger partial charge >= 0.3 is 0 Å². The minimum absolute atomic E-state index is 0.165. The lowest BCUT2D eigenvalue weighted by Crippen LogP contribution is -2.31. The Kier molecular flexibility index (Phi) is 5.86. The van der Waals surface area contributed by atoms with Gasteiger partial charge in [-0.25, -0.2) is 0 Å². The van der Waals surface area contributed by atoms with Crippen LogP contribution in [-0.2, 0) is 4.79 Å². The van der Waals surface area contributed by atoms with Gasteiger partial charge in [0.05, 0.1) is 5.75 Å². The van der Waals surface area contributed by atoms with Crippen LogP contribution in [-0.4, -0.2) is 30.2 Å². The number of rotatable bonds is 5. The molecule has 0 aliphatic rings. The Hall–Kier alpha value is -0.670. The van der Waals surface area contributed by atoms with Crippen molar-refractivity contribution in [2.75, 3.05) is 19.3 Å². The minimum atomic E-state index is 0.165. The normalized spacial score (nSPS) is 10.6. The maximum Gasteiger partial charge on any atom is 0.232 e. The molecule has 0 aliphatic carbocycles. The molecule has 0 radical (unpaired) electrons. The molecule has 4 heteroatoms. The summed E-state index contributed by atoms with van der Waals surface area (Å²) < 4.78 is 0. The molecular formula is C13H18ClNOS. The molecule has 1 aromatic rings. The van der Waals surface area contributed by atoms with E-state index in [-0.39, 0.29) is 5.91 Å². The number of nitrogens with zero attached hydrogens (tertiary/aromatic N) is 1. The molecule has 94 valence electrons. The lowest BCUT2D eigenvalue weighted by atomic mass is 10.2. The van der Waals surface area contributed by atoms with E-state index in [0.717, 1.165) is 16.5 Å². The molecule has 1 aromatic carbocycles. The van der Waals surface area contributed by atoms with Crippen molar-refractivity contribution in [3.63, 3.8) is 0 Å². The Morgan fingerprint density at radius 2 is 1.94 bits per heavy atom. The summed E-state index contributed by atoms with van der Waals surface area (Å²) in [5.74, 6) is 1.15. The number of carbonyl (C=O) groups is 1. The second kappa shape index (κ2) is 6.92. The Morgan fingerprint density at radius 1 is 1.35 bits per heavy atom. The summed E-state index contributed by atoms with van der Waals surface area (Å²) in [6.45, 7) is 5.02. The van der Waals surface area contributed by atoms with Crippen molar-refractivity contribution in [2.45, 2.75) is 18.7 Å². The topological polar surface area (TPSA) is 20.3 Å². The summed E-state index contributed by atoms with van der Waals surface area (Å²) in [5, 5.41) is 0.720. The highest BCUT2D eigenvalue weighted by Crippen LogP contribution is 2.20. The van der Waals surface area contributed by atoms with E-state index < -0.39 is 0 Å². The van der Waals surface area contributed by atoms with Crippen molar-refractivity contribution in [3.8, 4) is 0 Å². The first-order valence-electron chi connectivity index (χ1n) is 5.61. The van der Waals surface area contributed by atoms with E-state index in [4.69, 9.17) is 11.6 Å². The first-order chi connectivity index (χ1) is 7.99. The third kappa shape index (κ3) is 5.46.